The number of fused-ring (bicyclic) bond motifs is 4. The van der Waals surface area contributed by atoms with Gasteiger partial charge in [-0.1, -0.05) is 13.0 Å². The molecule has 0 saturated carbocycles. The molecule has 0 bridgehead atoms. The van der Waals surface area contributed by atoms with E-state index in [1.54, 1.807) is 35.5 Å². The molecule has 0 radical (unpaired) electrons. The number of hydrogen-bond acceptors (Lipinski definition) is 12. The van der Waals surface area contributed by atoms with Crippen LogP contribution >= 0.6 is 0 Å². The van der Waals surface area contributed by atoms with Gasteiger partial charge in [-0.05, 0) is 78.5 Å². The van der Waals surface area contributed by atoms with Gasteiger partial charge in [-0.15, -0.1) is 0 Å². The molecule has 0 unspecified atom stereocenters. The maximum Gasteiger partial charge on any atom is 0.412 e. The standard InChI is InChI=1S/C20H21NO4.C15H21N3O2.C2H6O3S/c1-22-17-6-5-13(10-18(17)23-2)9-16-15-12-20(25-4)19(24-3)11-14(15)7-8-21-16;1-15-7-8-17(3)13(15)18(4)12-6-5-10(9-11(12)15)20-14(19)16-2;1-5-6(2,3)4/h5-8,10-12H,9H2,1-4H3;5-6,9,13H,7-8H2,1-4H3,(H,16,19);1-2H3/t;13-,15+;/m.1./s1. The first-order valence-corrected chi connectivity index (χ1v) is 18.0. The van der Waals surface area contributed by atoms with Gasteiger partial charge in [-0.25, -0.2) is 4.79 Å². The molecule has 14 heteroatoms. The maximum absolute atomic E-state index is 11.4. The number of rotatable bonds is 8. The van der Waals surface area contributed by atoms with E-state index in [2.05, 4.69) is 45.3 Å². The molecule has 0 spiro atoms. The van der Waals surface area contributed by atoms with Gasteiger partial charge < -0.3 is 33.9 Å². The Labute approximate surface area is 300 Å². The number of likely N-dealkylation sites (N-methyl/N-ethyl adjacent to an activating group) is 2. The molecule has 3 heterocycles. The molecule has 0 aliphatic carbocycles. The van der Waals surface area contributed by atoms with Crippen molar-refractivity contribution in [3.8, 4) is 28.7 Å². The Hall–Kier alpha value is -4.79. The Balaban J connectivity index is 0.000000201. The van der Waals surface area contributed by atoms with Gasteiger partial charge in [-0.2, -0.15) is 8.42 Å². The summed E-state index contributed by atoms with van der Waals surface area (Å²) in [6.45, 7) is 3.39. The van der Waals surface area contributed by atoms with Crippen LogP contribution in [0.1, 0.15) is 30.2 Å². The Morgan fingerprint density at radius 1 is 0.902 bits per heavy atom. The number of nitrogens with one attached hydrogen (secondary N) is 1. The van der Waals surface area contributed by atoms with Crippen LogP contribution in [0.3, 0.4) is 0 Å². The third kappa shape index (κ3) is 8.75. The zero-order chi connectivity index (χ0) is 37.5. The van der Waals surface area contributed by atoms with Crippen molar-refractivity contribution in [2.75, 3.05) is 74.4 Å². The van der Waals surface area contributed by atoms with Crippen molar-refractivity contribution in [2.24, 2.45) is 0 Å². The van der Waals surface area contributed by atoms with Gasteiger partial charge in [0.05, 0.1) is 53.7 Å². The molecule has 13 nitrogen and oxygen atoms in total. The average molecular weight is 725 g/mol. The van der Waals surface area contributed by atoms with Crippen LogP contribution < -0.4 is 33.9 Å². The fourth-order valence-corrected chi connectivity index (χ4v) is 6.66. The highest BCUT2D eigenvalue weighted by Crippen LogP contribution is 2.51. The Kier molecular flexibility index (Phi) is 12.6. The van der Waals surface area contributed by atoms with Gasteiger partial charge in [-0.3, -0.25) is 14.1 Å². The molecule has 2 atom stereocenters. The lowest BCUT2D eigenvalue weighted by Gasteiger charge is -2.32. The number of benzene rings is 3. The van der Waals surface area contributed by atoms with E-state index in [4.69, 9.17) is 23.7 Å². The molecule has 51 heavy (non-hydrogen) atoms. The summed E-state index contributed by atoms with van der Waals surface area (Å²) >= 11 is 0. The van der Waals surface area contributed by atoms with Crippen LogP contribution in [-0.4, -0.2) is 100 Å². The molecule has 1 amide bonds. The number of carbonyl (C=O) groups is 1. The number of likely N-dealkylation sites (tertiary alicyclic amines) is 1. The van der Waals surface area contributed by atoms with Crippen molar-refractivity contribution in [1.82, 2.24) is 15.2 Å². The minimum atomic E-state index is -3.16. The van der Waals surface area contributed by atoms with Gasteiger partial charge in [0, 0.05) is 49.7 Å². The molecule has 4 aromatic rings. The highest BCUT2D eigenvalue weighted by molar-refractivity contribution is 7.85. The van der Waals surface area contributed by atoms with Crippen molar-refractivity contribution in [1.29, 1.82) is 0 Å². The molecule has 1 aromatic heterocycles. The third-order valence-corrected chi connectivity index (χ3v) is 9.79. The highest BCUT2D eigenvalue weighted by Gasteiger charge is 2.52. The molecule has 276 valence electrons. The van der Waals surface area contributed by atoms with Gasteiger partial charge in [0.25, 0.3) is 10.1 Å². The number of pyridine rings is 1. The summed E-state index contributed by atoms with van der Waals surface area (Å²) in [4.78, 5) is 20.6. The van der Waals surface area contributed by atoms with E-state index in [-0.39, 0.29) is 5.41 Å². The molecule has 2 aliphatic heterocycles. The maximum atomic E-state index is 11.4. The number of aromatic nitrogens is 1. The summed E-state index contributed by atoms with van der Waals surface area (Å²) in [5.41, 5.74) is 4.66. The van der Waals surface area contributed by atoms with E-state index in [1.807, 2.05) is 60.8 Å². The van der Waals surface area contributed by atoms with E-state index in [1.165, 1.54) is 11.3 Å². The van der Waals surface area contributed by atoms with E-state index < -0.39 is 16.2 Å². The van der Waals surface area contributed by atoms with E-state index in [9.17, 15) is 13.2 Å². The number of ether oxygens (including phenoxy) is 5. The van der Waals surface area contributed by atoms with E-state index >= 15 is 0 Å². The minimum absolute atomic E-state index is 0.0981. The smallest absolute Gasteiger partial charge is 0.412 e. The van der Waals surface area contributed by atoms with Crippen molar-refractivity contribution in [3.05, 3.63) is 77.6 Å². The fourth-order valence-electron chi connectivity index (χ4n) is 6.66. The lowest BCUT2D eigenvalue weighted by molar-refractivity contribution is 0.203. The molecule has 1 saturated heterocycles. The summed E-state index contributed by atoms with van der Waals surface area (Å²) in [5, 5.41) is 4.57. The summed E-state index contributed by atoms with van der Waals surface area (Å²) in [5.74, 6) is 3.42. The number of nitrogens with zero attached hydrogens (tertiary/aromatic N) is 3. The van der Waals surface area contributed by atoms with E-state index in [0.717, 1.165) is 48.4 Å². The summed E-state index contributed by atoms with van der Waals surface area (Å²) in [6, 6.07) is 17.7. The second-order valence-electron chi connectivity index (χ2n) is 12.4. The van der Waals surface area contributed by atoms with Gasteiger partial charge >= 0.3 is 6.09 Å². The minimum Gasteiger partial charge on any atom is -0.493 e. The number of methoxy groups -OCH3 is 4. The second kappa shape index (κ2) is 16.5. The number of anilines is 1. The largest absolute Gasteiger partial charge is 0.493 e. The number of carbonyl (C=O) groups excluding carboxylic acids is 1. The molecular weight excluding hydrogens is 676 g/mol. The van der Waals surface area contributed by atoms with Crippen molar-refractivity contribution >= 4 is 32.7 Å². The van der Waals surface area contributed by atoms with Crippen molar-refractivity contribution in [3.63, 3.8) is 0 Å². The summed E-state index contributed by atoms with van der Waals surface area (Å²) < 4.78 is 50.2. The van der Waals surface area contributed by atoms with Gasteiger partial charge in [0.15, 0.2) is 23.0 Å². The predicted octanol–water partition coefficient (Wildman–Crippen LogP) is 5.23. The first kappa shape index (κ1) is 39.0. The molecule has 6 rings (SSSR count). The van der Waals surface area contributed by atoms with E-state index in [0.29, 0.717) is 41.3 Å². The van der Waals surface area contributed by atoms with Gasteiger partial charge in [0.1, 0.15) is 5.75 Å². The SMILES string of the molecule is CNC(=O)Oc1ccc2c(c1)[C@]1(C)CCN(C)[C@@H]1N2C.COS(C)(=O)=O.COc1ccc(Cc2nccc3cc(OC)c(OC)cc23)cc1OC. The topological polar surface area (TPSA) is 138 Å². The highest BCUT2D eigenvalue weighted by atomic mass is 32.2. The predicted molar refractivity (Wildman–Crippen MR) is 197 cm³/mol. The van der Waals surface area contributed by atoms with Crippen LogP contribution in [0.2, 0.25) is 0 Å². The third-order valence-electron chi connectivity index (χ3n) is 9.19. The lowest BCUT2D eigenvalue weighted by atomic mass is 9.81. The fraction of sp³-hybridized carbons (Fsp3) is 0.405. The average Bonchev–Trinajstić information content (AvgIpc) is 3.56. The molecule has 1 N–H and O–H groups in total. The normalized spacial score (nSPS) is 17.6. The zero-order valence-electron chi connectivity index (χ0n) is 30.9. The summed E-state index contributed by atoms with van der Waals surface area (Å²) in [7, 11) is 10.4. The monoisotopic (exact) mass is 724 g/mol. The zero-order valence-corrected chi connectivity index (χ0v) is 31.7. The second-order valence-corrected chi connectivity index (χ2v) is 14.1. The van der Waals surface area contributed by atoms with Crippen LogP contribution in [0, 0.1) is 0 Å². The summed E-state index contributed by atoms with van der Waals surface area (Å²) in [6.07, 6.45) is 4.55. The number of amides is 1. The number of hydrogen-bond donors (Lipinski definition) is 1. The van der Waals surface area contributed by atoms with Crippen LogP contribution in [0.5, 0.6) is 28.7 Å². The Morgan fingerprint density at radius 3 is 2.14 bits per heavy atom. The lowest BCUT2D eigenvalue weighted by Crippen LogP contribution is -2.45. The first-order valence-electron chi connectivity index (χ1n) is 16.2. The van der Waals surface area contributed by atoms with Crippen LogP contribution in [0.4, 0.5) is 10.5 Å². The molecule has 2 aliphatic rings. The molecular formula is C37H48N4O9S. The van der Waals surface area contributed by atoms with Crippen molar-refractivity contribution < 1.29 is 41.1 Å². The van der Waals surface area contributed by atoms with Crippen molar-refractivity contribution in [2.45, 2.75) is 31.3 Å². The van der Waals surface area contributed by atoms with Crippen LogP contribution in [-0.2, 0) is 26.1 Å². The Bertz CT molecular complexity index is 1960. The molecule has 3 aromatic carbocycles. The van der Waals surface area contributed by atoms with Crippen LogP contribution in [0.15, 0.2) is 60.8 Å². The molecule has 1 fully saturated rings. The Morgan fingerprint density at radius 2 is 1.53 bits per heavy atom. The quantitative estimate of drug-likeness (QED) is 0.238. The van der Waals surface area contributed by atoms with Gasteiger partial charge in [0.2, 0.25) is 0 Å². The van der Waals surface area contributed by atoms with Crippen LogP contribution in [0.25, 0.3) is 10.8 Å². The first-order chi connectivity index (χ1) is 24.2.